The number of benzene rings is 2. The Morgan fingerprint density at radius 3 is 2.00 bits per heavy atom. The Hall–Kier alpha value is -2.53. The van der Waals surface area contributed by atoms with E-state index < -0.39 is 0 Å². The number of anilines is 2. The van der Waals surface area contributed by atoms with E-state index in [1.807, 2.05) is 60.7 Å². The first-order valence-electron chi connectivity index (χ1n) is 6.43. The number of hydrazone groups is 1. The van der Waals surface area contributed by atoms with E-state index in [9.17, 15) is 4.79 Å². The average molecular weight is 297 g/mol. The Balaban J connectivity index is 2.11. The molecule has 2 aromatic rings. The van der Waals surface area contributed by atoms with Gasteiger partial charge < -0.3 is 5.32 Å². The number of carbonyl (C=O) groups is 1. The molecule has 0 aliphatic carbocycles. The summed E-state index contributed by atoms with van der Waals surface area (Å²) in [6.07, 6.45) is 0. The molecular formula is C16H15N3OS. The molecule has 0 unspecified atom stereocenters. The highest BCUT2D eigenvalue weighted by Gasteiger charge is 2.13. The number of ketones is 1. The fourth-order valence-corrected chi connectivity index (χ4v) is 1.94. The van der Waals surface area contributed by atoms with Crippen molar-refractivity contribution in [3.63, 3.8) is 0 Å². The van der Waals surface area contributed by atoms with Crippen molar-refractivity contribution in [3.8, 4) is 0 Å². The Kier molecular flexibility index (Phi) is 5.17. The van der Waals surface area contributed by atoms with Gasteiger partial charge >= 0.3 is 0 Å². The lowest BCUT2D eigenvalue weighted by atomic mass is 10.2. The van der Waals surface area contributed by atoms with Crippen molar-refractivity contribution in [2.24, 2.45) is 5.10 Å². The molecule has 0 aliphatic rings. The van der Waals surface area contributed by atoms with Crippen molar-refractivity contribution in [1.29, 1.82) is 0 Å². The molecule has 5 heteroatoms. The molecule has 0 bridgehead atoms. The summed E-state index contributed by atoms with van der Waals surface area (Å²) in [5.74, 6) is -0.202. The predicted molar refractivity (Wildman–Crippen MR) is 90.8 cm³/mol. The number of para-hydroxylation sites is 2. The van der Waals surface area contributed by atoms with Crippen LogP contribution < -0.4 is 10.7 Å². The van der Waals surface area contributed by atoms with E-state index in [1.54, 1.807) is 0 Å². The van der Waals surface area contributed by atoms with Crippen molar-refractivity contribution >= 4 is 40.1 Å². The SMILES string of the molecule is CC(=O)/C(=N/Nc1ccccc1)C(=S)Nc1ccccc1. The quantitative estimate of drug-likeness (QED) is 0.504. The van der Waals surface area contributed by atoms with Crippen LogP contribution in [0.1, 0.15) is 6.92 Å². The first-order chi connectivity index (χ1) is 10.2. The fraction of sp³-hybridized carbons (Fsp3) is 0.0625. The van der Waals surface area contributed by atoms with Crippen molar-refractivity contribution in [1.82, 2.24) is 0 Å². The molecule has 0 saturated carbocycles. The van der Waals surface area contributed by atoms with Crippen LogP contribution in [0.25, 0.3) is 0 Å². The van der Waals surface area contributed by atoms with Crippen molar-refractivity contribution in [2.45, 2.75) is 6.92 Å². The average Bonchev–Trinajstić information content (AvgIpc) is 2.49. The predicted octanol–water partition coefficient (Wildman–Crippen LogP) is 3.48. The minimum absolute atomic E-state index is 0.192. The minimum atomic E-state index is -0.202. The molecule has 0 atom stereocenters. The molecule has 21 heavy (non-hydrogen) atoms. The summed E-state index contributed by atoms with van der Waals surface area (Å²) in [6.45, 7) is 1.44. The third kappa shape index (κ3) is 4.50. The zero-order chi connectivity index (χ0) is 15.1. The molecule has 2 aromatic carbocycles. The fourth-order valence-electron chi connectivity index (χ4n) is 1.63. The van der Waals surface area contributed by atoms with E-state index in [2.05, 4.69) is 15.8 Å². The van der Waals surface area contributed by atoms with E-state index in [0.717, 1.165) is 11.4 Å². The summed E-state index contributed by atoms with van der Waals surface area (Å²) in [5.41, 5.74) is 4.63. The first kappa shape index (κ1) is 14.9. The third-order valence-corrected chi connectivity index (χ3v) is 2.95. The third-order valence-electron chi connectivity index (χ3n) is 2.65. The van der Waals surface area contributed by atoms with Crippen LogP contribution in [0, 0.1) is 0 Å². The summed E-state index contributed by atoms with van der Waals surface area (Å²) in [7, 11) is 0. The van der Waals surface area contributed by atoms with Crippen LogP contribution in [0.5, 0.6) is 0 Å². The highest BCUT2D eigenvalue weighted by Crippen LogP contribution is 2.07. The maximum atomic E-state index is 11.7. The van der Waals surface area contributed by atoms with Gasteiger partial charge in [-0.1, -0.05) is 48.6 Å². The van der Waals surface area contributed by atoms with E-state index in [0.29, 0.717) is 0 Å². The van der Waals surface area contributed by atoms with Crippen LogP contribution in [0.15, 0.2) is 65.8 Å². The van der Waals surface area contributed by atoms with Gasteiger partial charge in [0.25, 0.3) is 0 Å². The second kappa shape index (κ2) is 7.31. The summed E-state index contributed by atoms with van der Waals surface area (Å²) in [4.78, 5) is 12.0. The first-order valence-corrected chi connectivity index (χ1v) is 6.84. The lowest BCUT2D eigenvalue weighted by Gasteiger charge is -2.09. The highest BCUT2D eigenvalue weighted by atomic mass is 32.1. The Bertz CT molecular complexity index is 654. The molecule has 2 N–H and O–H groups in total. The Morgan fingerprint density at radius 2 is 1.48 bits per heavy atom. The largest absolute Gasteiger partial charge is 0.345 e. The van der Waals surface area contributed by atoms with E-state index in [-0.39, 0.29) is 16.5 Å². The number of carbonyl (C=O) groups excluding carboxylic acids is 1. The van der Waals surface area contributed by atoms with Gasteiger partial charge in [0.05, 0.1) is 5.69 Å². The lowest BCUT2D eigenvalue weighted by Crippen LogP contribution is -2.27. The zero-order valence-electron chi connectivity index (χ0n) is 11.5. The lowest BCUT2D eigenvalue weighted by molar-refractivity contribution is -0.110. The standard InChI is InChI=1S/C16H15N3OS/c1-12(20)15(19-18-14-10-6-3-7-11-14)16(21)17-13-8-4-2-5-9-13/h2-11,18H,1H3,(H,17,21)/b19-15-. The van der Waals surface area contributed by atoms with Crippen LogP contribution in [0.2, 0.25) is 0 Å². The Morgan fingerprint density at radius 1 is 0.952 bits per heavy atom. The Labute approximate surface area is 128 Å². The van der Waals surface area contributed by atoms with Crippen LogP contribution in [0.4, 0.5) is 11.4 Å². The van der Waals surface area contributed by atoms with Crippen LogP contribution in [0.3, 0.4) is 0 Å². The van der Waals surface area contributed by atoms with E-state index in [1.165, 1.54) is 6.92 Å². The van der Waals surface area contributed by atoms with Crippen molar-refractivity contribution in [3.05, 3.63) is 60.7 Å². The second-order valence-electron chi connectivity index (χ2n) is 4.31. The molecule has 0 saturated heterocycles. The highest BCUT2D eigenvalue weighted by molar-refractivity contribution is 7.82. The number of nitrogens with zero attached hydrogens (tertiary/aromatic N) is 1. The number of hydrogen-bond acceptors (Lipinski definition) is 4. The molecule has 2 rings (SSSR count). The smallest absolute Gasteiger partial charge is 0.182 e. The van der Waals surface area contributed by atoms with Gasteiger partial charge in [-0.2, -0.15) is 5.10 Å². The maximum Gasteiger partial charge on any atom is 0.182 e. The van der Waals surface area contributed by atoms with Crippen LogP contribution in [-0.2, 0) is 4.79 Å². The van der Waals surface area contributed by atoms with Gasteiger partial charge in [-0.25, -0.2) is 0 Å². The monoisotopic (exact) mass is 297 g/mol. The van der Waals surface area contributed by atoms with Gasteiger partial charge in [-0.05, 0) is 24.3 Å². The topological polar surface area (TPSA) is 53.5 Å². The molecule has 106 valence electrons. The summed E-state index contributed by atoms with van der Waals surface area (Å²) in [6, 6.07) is 18.8. The van der Waals surface area contributed by atoms with Gasteiger partial charge in [-0.3, -0.25) is 10.2 Å². The van der Waals surface area contributed by atoms with E-state index in [4.69, 9.17) is 12.2 Å². The van der Waals surface area contributed by atoms with Crippen LogP contribution >= 0.6 is 12.2 Å². The maximum absolute atomic E-state index is 11.7. The number of Topliss-reactive ketones (excluding diaryl/α,β-unsaturated/α-hetero) is 1. The molecule has 0 aliphatic heterocycles. The minimum Gasteiger partial charge on any atom is -0.345 e. The summed E-state index contributed by atoms with van der Waals surface area (Å²) >= 11 is 5.25. The van der Waals surface area contributed by atoms with Gasteiger partial charge in [0, 0.05) is 12.6 Å². The van der Waals surface area contributed by atoms with Gasteiger partial charge in [0.15, 0.2) is 11.5 Å². The van der Waals surface area contributed by atoms with E-state index >= 15 is 0 Å². The molecule has 0 amide bonds. The second-order valence-corrected chi connectivity index (χ2v) is 4.72. The van der Waals surface area contributed by atoms with Crippen LogP contribution in [-0.4, -0.2) is 16.5 Å². The summed E-state index contributed by atoms with van der Waals surface area (Å²) in [5, 5.41) is 7.10. The molecule has 0 heterocycles. The molecular weight excluding hydrogens is 282 g/mol. The molecule has 0 radical (unpaired) electrons. The van der Waals surface area contributed by atoms with Gasteiger partial charge in [0.2, 0.25) is 0 Å². The molecule has 0 fully saturated rings. The molecule has 0 aromatic heterocycles. The number of nitrogens with one attached hydrogen (secondary N) is 2. The molecule has 0 spiro atoms. The van der Waals surface area contributed by atoms with Crippen molar-refractivity contribution < 1.29 is 4.79 Å². The number of rotatable bonds is 5. The molecule has 4 nitrogen and oxygen atoms in total. The van der Waals surface area contributed by atoms with Crippen molar-refractivity contribution in [2.75, 3.05) is 10.7 Å². The number of hydrogen-bond donors (Lipinski definition) is 2. The normalized spacial score (nSPS) is 10.8. The number of thiocarbonyl (C=S) groups is 1. The van der Waals surface area contributed by atoms with Gasteiger partial charge in [-0.15, -0.1) is 0 Å². The van der Waals surface area contributed by atoms with Gasteiger partial charge in [0.1, 0.15) is 4.99 Å². The zero-order valence-corrected chi connectivity index (χ0v) is 12.4. The summed E-state index contributed by atoms with van der Waals surface area (Å²) < 4.78 is 0.